The molecule has 1 saturated carbocycles. The highest BCUT2D eigenvalue weighted by molar-refractivity contribution is 6.31. The number of halogens is 2. The average molecular weight is 285 g/mol. The van der Waals surface area contributed by atoms with Gasteiger partial charge in [0.1, 0.15) is 5.82 Å². The van der Waals surface area contributed by atoms with E-state index in [1.807, 2.05) is 0 Å². The maximum atomic E-state index is 12.9. The van der Waals surface area contributed by atoms with Crippen LogP contribution >= 0.6 is 11.6 Å². The van der Waals surface area contributed by atoms with Crippen molar-refractivity contribution in [2.75, 3.05) is 6.54 Å². The van der Waals surface area contributed by atoms with Crippen LogP contribution in [0.2, 0.25) is 5.02 Å². The lowest BCUT2D eigenvalue weighted by atomic mass is 10.1. The number of nitrogens with one attached hydrogen (secondary N) is 1. The van der Waals surface area contributed by atoms with Gasteiger partial charge < -0.3 is 11.1 Å². The molecule has 5 heteroatoms. The standard InChI is InChI=1S/C14H18ClFN2O/c15-13-7-11(16)3-2-10(13)6-14(19)18-12-4-1-9(5-12)8-17/h2-3,7,9,12H,1,4-6,8,17H2,(H,18,19). The second-order valence-corrected chi connectivity index (χ2v) is 5.50. The highest BCUT2D eigenvalue weighted by atomic mass is 35.5. The van der Waals surface area contributed by atoms with Crippen LogP contribution < -0.4 is 11.1 Å². The number of benzene rings is 1. The molecule has 1 aliphatic rings. The first-order chi connectivity index (χ1) is 9.08. The van der Waals surface area contributed by atoms with Gasteiger partial charge >= 0.3 is 0 Å². The van der Waals surface area contributed by atoms with Crippen LogP contribution in [0.3, 0.4) is 0 Å². The fourth-order valence-corrected chi connectivity index (χ4v) is 2.77. The van der Waals surface area contributed by atoms with E-state index in [-0.39, 0.29) is 18.4 Å². The Morgan fingerprint density at radius 2 is 2.26 bits per heavy atom. The second-order valence-electron chi connectivity index (χ2n) is 5.09. The largest absolute Gasteiger partial charge is 0.353 e. The molecule has 1 aromatic carbocycles. The third kappa shape index (κ3) is 3.91. The number of hydrogen-bond acceptors (Lipinski definition) is 2. The van der Waals surface area contributed by atoms with Gasteiger partial charge in [0.25, 0.3) is 0 Å². The molecule has 104 valence electrons. The van der Waals surface area contributed by atoms with Crippen LogP contribution in [0.15, 0.2) is 18.2 Å². The molecule has 3 nitrogen and oxygen atoms in total. The summed E-state index contributed by atoms with van der Waals surface area (Å²) in [5.74, 6) is 0.0478. The Balaban J connectivity index is 1.87. The SMILES string of the molecule is NCC1CCC(NC(=O)Cc2ccc(F)cc2Cl)C1. The lowest BCUT2D eigenvalue weighted by molar-refractivity contribution is -0.121. The van der Waals surface area contributed by atoms with E-state index in [9.17, 15) is 9.18 Å². The topological polar surface area (TPSA) is 55.1 Å². The first kappa shape index (κ1) is 14.3. The van der Waals surface area contributed by atoms with E-state index < -0.39 is 5.82 Å². The monoisotopic (exact) mass is 284 g/mol. The first-order valence-electron chi connectivity index (χ1n) is 6.52. The van der Waals surface area contributed by atoms with Crippen LogP contribution in [-0.2, 0) is 11.2 Å². The van der Waals surface area contributed by atoms with Crippen molar-refractivity contribution in [1.29, 1.82) is 0 Å². The molecule has 0 aromatic heterocycles. The van der Waals surface area contributed by atoms with Gasteiger partial charge in [0, 0.05) is 11.1 Å². The molecule has 3 N–H and O–H groups in total. The number of hydrogen-bond donors (Lipinski definition) is 2. The molecular weight excluding hydrogens is 267 g/mol. The molecule has 0 aliphatic heterocycles. The zero-order valence-corrected chi connectivity index (χ0v) is 11.4. The van der Waals surface area contributed by atoms with Crippen LogP contribution in [0.1, 0.15) is 24.8 Å². The van der Waals surface area contributed by atoms with Gasteiger partial charge in [0.2, 0.25) is 5.91 Å². The van der Waals surface area contributed by atoms with Crippen molar-refractivity contribution in [3.63, 3.8) is 0 Å². The zero-order chi connectivity index (χ0) is 13.8. The summed E-state index contributed by atoms with van der Waals surface area (Å²) in [6.45, 7) is 0.677. The number of carbonyl (C=O) groups is 1. The molecule has 1 aromatic rings. The molecule has 0 radical (unpaired) electrons. The fourth-order valence-electron chi connectivity index (χ4n) is 2.54. The third-order valence-electron chi connectivity index (χ3n) is 3.61. The first-order valence-corrected chi connectivity index (χ1v) is 6.89. The lowest BCUT2D eigenvalue weighted by Gasteiger charge is -2.13. The summed E-state index contributed by atoms with van der Waals surface area (Å²) in [6, 6.07) is 4.30. The quantitative estimate of drug-likeness (QED) is 0.891. The average Bonchev–Trinajstić information content (AvgIpc) is 2.80. The molecule has 0 spiro atoms. The smallest absolute Gasteiger partial charge is 0.224 e. The highest BCUT2D eigenvalue weighted by Crippen LogP contribution is 2.24. The highest BCUT2D eigenvalue weighted by Gasteiger charge is 2.24. The molecule has 0 bridgehead atoms. The Morgan fingerprint density at radius 1 is 1.47 bits per heavy atom. The van der Waals surface area contributed by atoms with Crippen LogP contribution in [0, 0.1) is 11.7 Å². The Bertz CT molecular complexity index is 467. The van der Waals surface area contributed by atoms with Crippen LogP contribution in [-0.4, -0.2) is 18.5 Å². The van der Waals surface area contributed by atoms with E-state index in [0.29, 0.717) is 23.0 Å². The summed E-state index contributed by atoms with van der Waals surface area (Å²) in [5.41, 5.74) is 6.27. The summed E-state index contributed by atoms with van der Waals surface area (Å²) < 4.78 is 12.9. The molecule has 1 amide bonds. The zero-order valence-electron chi connectivity index (χ0n) is 10.7. The molecule has 1 aliphatic carbocycles. The van der Waals surface area contributed by atoms with Gasteiger partial charge in [-0.05, 0) is 49.4 Å². The molecule has 0 heterocycles. The molecular formula is C14H18ClFN2O. The Kier molecular flexibility index (Phi) is 4.77. The minimum absolute atomic E-state index is 0.0730. The van der Waals surface area contributed by atoms with Gasteiger partial charge in [-0.3, -0.25) is 4.79 Å². The second kappa shape index (κ2) is 6.35. The lowest BCUT2D eigenvalue weighted by Crippen LogP contribution is -2.34. The van der Waals surface area contributed by atoms with E-state index in [0.717, 1.165) is 19.3 Å². The molecule has 2 rings (SSSR count). The fraction of sp³-hybridized carbons (Fsp3) is 0.500. The molecule has 19 heavy (non-hydrogen) atoms. The maximum absolute atomic E-state index is 12.9. The van der Waals surface area contributed by atoms with Crippen molar-refractivity contribution in [1.82, 2.24) is 5.32 Å². The van der Waals surface area contributed by atoms with Crippen LogP contribution in [0.4, 0.5) is 4.39 Å². The van der Waals surface area contributed by atoms with E-state index in [4.69, 9.17) is 17.3 Å². The van der Waals surface area contributed by atoms with Gasteiger partial charge in [-0.2, -0.15) is 0 Å². The van der Waals surface area contributed by atoms with Gasteiger partial charge in [-0.15, -0.1) is 0 Å². The summed E-state index contributed by atoms with van der Waals surface area (Å²) in [6.07, 6.45) is 3.17. The van der Waals surface area contributed by atoms with E-state index in [1.54, 1.807) is 6.07 Å². The molecule has 2 atom stereocenters. The van der Waals surface area contributed by atoms with Gasteiger partial charge in [-0.25, -0.2) is 4.39 Å². The molecule has 0 saturated heterocycles. The Hall–Kier alpha value is -1.13. The normalized spacial score (nSPS) is 22.5. The maximum Gasteiger partial charge on any atom is 0.224 e. The van der Waals surface area contributed by atoms with Crippen molar-refractivity contribution in [3.05, 3.63) is 34.6 Å². The molecule has 2 unspecified atom stereocenters. The minimum atomic E-state index is -0.393. The van der Waals surface area contributed by atoms with Crippen molar-refractivity contribution < 1.29 is 9.18 Å². The van der Waals surface area contributed by atoms with E-state index >= 15 is 0 Å². The Labute approximate surface area is 117 Å². The third-order valence-corrected chi connectivity index (χ3v) is 3.96. The predicted octanol–water partition coefficient (Wildman–Crippen LogP) is 2.27. The number of carbonyl (C=O) groups excluding carboxylic acids is 1. The minimum Gasteiger partial charge on any atom is -0.353 e. The van der Waals surface area contributed by atoms with Crippen molar-refractivity contribution in [2.24, 2.45) is 11.7 Å². The van der Waals surface area contributed by atoms with E-state index in [2.05, 4.69) is 5.32 Å². The number of amides is 1. The van der Waals surface area contributed by atoms with Gasteiger partial charge in [0.15, 0.2) is 0 Å². The Morgan fingerprint density at radius 3 is 2.89 bits per heavy atom. The summed E-state index contributed by atoms with van der Waals surface area (Å²) in [5, 5.41) is 3.28. The van der Waals surface area contributed by atoms with Crippen LogP contribution in [0.5, 0.6) is 0 Å². The van der Waals surface area contributed by atoms with Gasteiger partial charge in [-0.1, -0.05) is 17.7 Å². The number of rotatable bonds is 4. The van der Waals surface area contributed by atoms with E-state index in [1.165, 1.54) is 12.1 Å². The van der Waals surface area contributed by atoms with Gasteiger partial charge in [0.05, 0.1) is 6.42 Å². The summed E-state index contributed by atoms with van der Waals surface area (Å²) >= 11 is 5.90. The van der Waals surface area contributed by atoms with Crippen molar-refractivity contribution >= 4 is 17.5 Å². The van der Waals surface area contributed by atoms with Crippen molar-refractivity contribution in [3.8, 4) is 0 Å². The number of nitrogens with two attached hydrogens (primary N) is 1. The van der Waals surface area contributed by atoms with Crippen molar-refractivity contribution in [2.45, 2.75) is 31.7 Å². The summed E-state index contributed by atoms with van der Waals surface area (Å²) in [4.78, 5) is 11.9. The summed E-state index contributed by atoms with van der Waals surface area (Å²) in [7, 11) is 0. The molecule has 1 fully saturated rings. The van der Waals surface area contributed by atoms with Crippen LogP contribution in [0.25, 0.3) is 0 Å². The predicted molar refractivity (Wildman–Crippen MR) is 73.4 cm³/mol.